The maximum Gasteiger partial charge on any atom is 0.233 e. The Kier molecular flexibility index (Phi) is 6.75. The van der Waals surface area contributed by atoms with Gasteiger partial charge in [0.1, 0.15) is 0 Å². The number of imide groups is 1. The van der Waals surface area contributed by atoms with E-state index < -0.39 is 0 Å². The first-order valence-corrected chi connectivity index (χ1v) is 10.5. The van der Waals surface area contributed by atoms with E-state index in [4.69, 9.17) is 0 Å². The monoisotopic (exact) mass is 378 g/mol. The van der Waals surface area contributed by atoms with Gasteiger partial charge in [-0.1, -0.05) is 48.0 Å². The molecule has 0 aliphatic carbocycles. The Morgan fingerprint density at radius 3 is 2.19 bits per heavy atom. The highest BCUT2D eigenvalue weighted by Crippen LogP contribution is 2.36. The zero-order valence-electron chi connectivity index (χ0n) is 18.1. The van der Waals surface area contributed by atoms with Gasteiger partial charge in [0.15, 0.2) is 0 Å². The fourth-order valence-electron chi connectivity index (χ4n) is 4.17. The van der Waals surface area contributed by atoms with Gasteiger partial charge < -0.3 is 4.90 Å². The summed E-state index contributed by atoms with van der Waals surface area (Å²) in [4.78, 5) is 40.5. The normalized spacial score (nSPS) is 24.2. The number of hydrogen-bond donors (Lipinski definition) is 0. The molecule has 154 valence electrons. The van der Waals surface area contributed by atoms with Crippen molar-refractivity contribution in [3.05, 3.63) is 0 Å². The van der Waals surface area contributed by atoms with Gasteiger partial charge in [0, 0.05) is 32.5 Å². The lowest BCUT2D eigenvalue weighted by atomic mass is 9.80. The second-order valence-electron chi connectivity index (χ2n) is 10.5. The van der Waals surface area contributed by atoms with Crippen molar-refractivity contribution >= 4 is 17.7 Å². The predicted molar refractivity (Wildman–Crippen MR) is 107 cm³/mol. The maximum atomic E-state index is 12.5. The molecule has 3 amide bonds. The van der Waals surface area contributed by atoms with E-state index in [0.717, 1.165) is 38.8 Å². The van der Waals surface area contributed by atoms with Crippen LogP contribution in [-0.4, -0.2) is 47.2 Å². The summed E-state index contributed by atoms with van der Waals surface area (Å²) in [6.07, 6.45) is 4.50. The first kappa shape index (κ1) is 21.9. The molecular weight excluding hydrogens is 340 g/mol. The first-order chi connectivity index (χ1) is 12.4. The number of unbranched alkanes of at least 4 members (excludes halogenated alkanes) is 2. The molecule has 2 aliphatic rings. The van der Waals surface area contributed by atoms with E-state index in [1.165, 1.54) is 4.90 Å². The van der Waals surface area contributed by atoms with Crippen molar-refractivity contribution < 1.29 is 14.4 Å². The van der Waals surface area contributed by atoms with Gasteiger partial charge in [-0.05, 0) is 36.0 Å². The summed E-state index contributed by atoms with van der Waals surface area (Å²) in [7, 11) is 0. The van der Waals surface area contributed by atoms with Gasteiger partial charge in [-0.2, -0.15) is 0 Å². The second kappa shape index (κ2) is 8.32. The molecule has 0 aromatic heterocycles. The highest BCUT2D eigenvalue weighted by Gasteiger charge is 2.44. The fraction of sp³-hybridized carbons (Fsp3) is 0.864. The average Bonchev–Trinajstić information content (AvgIpc) is 3.13. The smallest absolute Gasteiger partial charge is 0.233 e. The van der Waals surface area contributed by atoms with E-state index in [-0.39, 0.29) is 34.5 Å². The Balaban J connectivity index is 1.67. The molecule has 27 heavy (non-hydrogen) atoms. The van der Waals surface area contributed by atoms with Gasteiger partial charge in [-0.3, -0.25) is 19.3 Å². The molecule has 5 nitrogen and oxygen atoms in total. The Bertz CT molecular complexity index is 571. The molecule has 2 saturated heterocycles. The van der Waals surface area contributed by atoms with Crippen molar-refractivity contribution in [1.82, 2.24) is 9.80 Å². The molecule has 0 aromatic rings. The summed E-state index contributed by atoms with van der Waals surface area (Å²) < 4.78 is 0. The molecule has 0 saturated carbocycles. The van der Waals surface area contributed by atoms with Crippen molar-refractivity contribution in [2.45, 2.75) is 80.1 Å². The van der Waals surface area contributed by atoms with E-state index >= 15 is 0 Å². The third-order valence-corrected chi connectivity index (χ3v) is 6.33. The van der Waals surface area contributed by atoms with Crippen LogP contribution in [-0.2, 0) is 14.4 Å². The fourth-order valence-corrected chi connectivity index (χ4v) is 4.17. The number of amides is 3. The van der Waals surface area contributed by atoms with Crippen molar-refractivity contribution in [2.75, 3.05) is 19.6 Å². The molecule has 5 heteroatoms. The van der Waals surface area contributed by atoms with Gasteiger partial charge >= 0.3 is 0 Å². The van der Waals surface area contributed by atoms with Crippen molar-refractivity contribution in [2.24, 2.45) is 22.7 Å². The molecule has 2 atom stereocenters. The highest BCUT2D eigenvalue weighted by atomic mass is 16.2. The number of carbonyl (C=O) groups is 3. The molecule has 0 radical (unpaired) electrons. The van der Waals surface area contributed by atoms with Gasteiger partial charge in [0.2, 0.25) is 17.7 Å². The molecule has 2 heterocycles. The van der Waals surface area contributed by atoms with Crippen molar-refractivity contribution in [3.8, 4) is 0 Å². The SMILES string of the molecule is CC(C)(C)C1CC(=O)N(CCCCCC(=O)N2CC[C@@H](C(C)(C)C)C2)C1=O. The number of rotatable bonds is 6. The minimum Gasteiger partial charge on any atom is -0.342 e. The lowest BCUT2D eigenvalue weighted by molar-refractivity contribution is -0.140. The van der Waals surface area contributed by atoms with E-state index in [1.54, 1.807) is 0 Å². The standard InChI is InChI=1S/C22H38N2O3/c1-21(2,3)16-11-13-23(15-16)18(25)10-8-7-9-12-24-19(26)14-17(20(24)27)22(4,5)6/h16-17H,7-15H2,1-6H3/t16-,17?/m1/s1. The van der Waals surface area contributed by atoms with Crippen molar-refractivity contribution in [1.29, 1.82) is 0 Å². The maximum absolute atomic E-state index is 12.5. The molecule has 2 aliphatic heterocycles. The summed E-state index contributed by atoms with van der Waals surface area (Å²) in [6, 6.07) is 0. The summed E-state index contributed by atoms with van der Waals surface area (Å²) in [5, 5.41) is 0. The van der Waals surface area contributed by atoms with Crippen molar-refractivity contribution in [3.63, 3.8) is 0 Å². The largest absolute Gasteiger partial charge is 0.342 e. The molecule has 0 spiro atoms. The van der Waals surface area contributed by atoms with E-state index in [0.29, 0.717) is 25.3 Å². The average molecular weight is 379 g/mol. The van der Waals surface area contributed by atoms with E-state index in [1.807, 2.05) is 25.7 Å². The van der Waals surface area contributed by atoms with Crippen LogP contribution in [0.25, 0.3) is 0 Å². The van der Waals surface area contributed by atoms with Crippen LogP contribution in [0.3, 0.4) is 0 Å². The predicted octanol–water partition coefficient (Wildman–Crippen LogP) is 3.86. The Morgan fingerprint density at radius 1 is 1.00 bits per heavy atom. The third-order valence-electron chi connectivity index (χ3n) is 6.33. The molecular formula is C22H38N2O3. The number of hydrogen-bond acceptors (Lipinski definition) is 3. The van der Waals surface area contributed by atoms with Crippen LogP contribution in [0.2, 0.25) is 0 Å². The Labute approximate surface area is 164 Å². The molecule has 2 fully saturated rings. The first-order valence-electron chi connectivity index (χ1n) is 10.5. The third kappa shape index (κ3) is 5.55. The van der Waals surface area contributed by atoms with E-state index in [2.05, 4.69) is 20.8 Å². The minimum atomic E-state index is -0.197. The molecule has 0 aromatic carbocycles. The van der Waals surface area contributed by atoms with Gasteiger partial charge in [0.25, 0.3) is 0 Å². The minimum absolute atomic E-state index is 0.0196. The molecule has 0 N–H and O–H groups in total. The summed E-state index contributed by atoms with van der Waals surface area (Å²) in [5.41, 5.74) is 0.0866. The molecule has 2 rings (SSSR count). The lowest BCUT2D eigenvalue weighted by Gasteiger charge is -2.27. The number of carbonyl (C=O) groups excluding carboxylic acids is 3. The van der Waals surface area contributed by atoms with Crippen LogP contribution in [0.5, 0.6) is 0 Å². The lowest BCUT2D eigenvalue weighted by Crippen LogP contribution is -2.34. The van der Waals surface area contributed by atoms with Gasteiger partial charge in [-0.25, -0.2) is 0 Å². The molecule has 0 bridgehead atoms. The Hall–Kier alpha value is -1.39. The highest BCUT2D eigenvalue weighted by molar-refractivity contribution is 6.03. The van der Waals surface area contributed by atoms with Crippen LogP contribution in [0.1, 0.15) is 80.1 Å². The number of likely N-dealkylation sites (tertiary alicyclic amines) is 2. The van der Waals surface area contributed by atoms with E-state index in [9.17, 15) is 14.4 Å². The summed E-state index contributed by atoms with van der Waals surface area (Å²) in [5.74, 6) is 0.583. The quantitative estimate of drug-likeness (QED) is 0.521. The van der Waals surface area contributed by atoms with Crippen LogP contribution >= 0.6 is 0 Å². The van der Waals surface area contributed by atoms with Crippen LogP contribution in [0.4, 0.5) is 0 Å². The zero-order valence-corrected chi connectivity index (χ0v) is 18.1. The van der Waals surface area contributed by atoms with Gasteiger partial charge in [0.05, 0.1) is 5.92 Å². The van der Waals surface area contributed by atoms with Gasteiger partial charge in [-0.15, -0.1) is 0 Å². The van der Waals surface area contributed by atoms with Crippen LogP contribution in [0.15, 0.2) is 0 Å². The summed E-state index contributed by atoms with van der Waals surface area (Å²) >= 11 is 0. The van der Waals surface area contributed by atoms with Crippen LogP contribution in [0, 0.1) is 22.7 Å². The van der Waals surface area contributed by atoms with Crippen LogP contribution < -0.4 is 0 Å². The summed E-state index contributed by atoms with van der Waals surface area (Å²) in [6.45, 7) is 15.0. The molecule has 1 unspecified atom stereocenters. The second-order valence-corrected chi connectivity index (χ2v) is 10.5. The topological polar surface area (TPSA) is 57.7 Å². The zero-order chi connectivity index (χ0) is 20.4. The Morgan fingerprint density at radius 2 is 1.67 bits per heavy atom. The number of nitrogens with zero attached hydrogens (tertiary/aromatic N) is 2.